The van der Waals surface area contributed by atoms with E-state index in [2.05, 4.69) is 9.97 Å². The summed E-state index contributed by atoms with van der Waals surface area (Å²) in [6.45, 7) is 2.29. The summed E-state index contributed by atoms with van der Waals surface area (Å²) in [5.41, 5.74) is 7.07. The minimum atomic E-state index is 0.380. The Bertz CT molecular complexity index is 227. The number of hydrogen-bond donors (Lipinski definition) is 1. The average molecular weight is 153 g/mol. The van der Waals surface area contributed by atoms with Crippen molar-refractivity contribution in [3.63, 3.8) is 0 Å². The zero-order chi connectivity index (χ0) is 8.27. The first-order valence-corrected chi connectivity index (χ1v) is 3.35. The van der Waals surface area contributed by atoms with Crippen molar-refractivity contribution in [1.29, 1.82) is 0 Å². The van der Waals surface area contributed by atoms with Crippen molar-refractivity contribution in [2.75, 3.05) is 7.11 Å². The quantitative estimate of drug-likeness (QED) is 0.661. The predicted octanol–water partition coefficient (Wildman–Crippen LogP) is 0.252. The van der Waals surface area contributed by atoms with Crippen LogP contribution >= 0.6 is 0 Å². The van der Waals surface area contributed by atoms with Gasteiger partial charge in [-0.15, -0.1) is 0 Å². The SMILES string of the molecule is COc1nc(C)cc(CN)n1. The van der Waals surface area contributed by atoms with Crippen molar-refractivity contribution in [3.8, 4) is 6.01 Å². The van der Waals surface area contributed by atoms with E-state index in [1.54, 1.807) is 0 Å². The van der Waals surface area contributed by atoms with Gasteiger partial charge in [0.25, 0.3) is 0 Å². The molecule has 11 heavy (non-hydrogen) atoms. The van der Waals surface area contributed by atoms with Crippen molar-refractivity contribution < 1.29 is 4.74 Å². The van der Waals surface area contributed by atoms with Crippen LogP contribution in [0, 0.1) is 6.92 Å². The number of rotatable bonds is 2. The smallest absolute Gasteiger partial charge is 0.316 e. The van der Waals surface area contributed by atoms with E-state index < -0.39 is 0 Å². The van der Waals surface area contributed by atoms with Gasteiger partial charge in [0.05, 0.1) is 12.8 Å². The molecule has 0 spiro atoms. The van der Waals surface area contributed by atoms with Crippen LogP contribution in [-0.2, 0) is 6.54 Å². The van der Waals surface area contributed by atoms with Crippen molar-refractivity contribution in [2.24, 2.45) is 5.73 Å². The van der Waals surface area contributed by atoms with E-state index in [1.165, 1.54) is 7.11 Å². The summed E-state index contributed by atoms with van der Waals surface area (Å²) in [6, 6.07) is 2.22. The summed E-state index contributed by atoms with van der Waals surface area (Å²) >= 11 is 0. The summed E-state index contributed by atoms with van der Waals surface area (Å²) in [6.07, 6.45) is 0. The van der Waals surface area contributed by atoms with E-state index in [-0.39, 0.29) is 0 Å². The topological polar surface area (TPSA) is 61.0 Å². The van der Waals surface area contributed by atoms with Gasteiger partial charge >= 0.3 is 6.01 Å². The van der Waals surface area contributed by atoms with Crippen LogP contribution in [0.5, 0.6) is 6.01 Å². The molecule has 0 amide bonds. The molecule has 0 bridgehead atoms. The first-order chi connectivity index (χ1) is 5.26. The van der Waals surface area contributed by atoms with E-state index in [4.69, 9.17) is 10.5 Å². The van der Waals surface area contributed by atoms with Crippen molar-refractivity contribution >= 4 is 0 Å². The maximum absolute atomic E-state index is 5.40. The van der Waals surface area contributed by atoms with Crippen LogP contribution in [0.3, 0.4) is 0 Å². The average Bonchev–Trinajstić information content (AvgIpc) is 2.03. The fourth-order valence-corrected chi connectivity index (χ4v) is 0.800. The molecule has 0 fully saturated rings. The number of aromatic nitrogens is 2. The van der Waals surface area contributed by atoms with E-state index in [0.29, 0.717) is 12.6 Å². The Balaban J connectivity index is 3.02. The molecular formula is C7H11N3O. The first-order valence-electron chi connectivity index (χ1n) is 3.35. The van der Waals surface area contributed by atoms with Crippen LogP contribution in [0.25, 0.3) is 0 Å². The molecule has 4 heteroatoms. The van der Waals surface area contributed by atoms with Gasteiger partial charge in [0.2, 0.25) is 0 Å². The monoisotopic (exact) mass is 153 g/mol. The lowest BCUT2D eigenvalue weighted by Crippen LogP contribution is -2.03. The molecule has 0 unspecified atom stereocenters. The minimum Gasteiger partial charge on any atom is -0.467 e. The molecule has 1 heterocycles. The van der Waals surface area contributed by atoms with Gasteiger partial charge < -0.3 is 10.5 Å². The molecule has 0 aliphatic carbocycles. The first kappa shape index (κ1) is 7.94. The third kappa shape index (κ3) is 1.88. The van der Waals surface area contributed by atoms with Crippen LogP contribution in [-0.4, -0.2) is 17.1 Å². The maximum Gasteiger partial charge on any atom is 0.316 e. The van der Waals surface area contributed by atoms with Gasteiger partial charge in [-0.05, 0) is 13.0 Å². The lowest BCUT2D eigenvalue weighted by Gasteiger charge is -2.01. The van der Waals surface area contributed by atoms with Crippen molar-refractivity contribution in [2.45, 2.75) is 13.5 Å². The number of nitrogens with zero attached hydrogens (tertiary/aromatic N) is 2. The molecule has 1 rings (SSSR count). The number of aryl methyl sites for hydroxylation is 1. The number of methoxy groups -OCH3 is 1. The van der Waals surface area contributed by atoms with Gasteiger partial charge in [0, 0.05) is 12.2 Å². The molecule has 0 atom stereocenters. The Morgan fingerprint density at radius 1 is 1.55 bits per heavy atom. The largest absolute Gasteiger partial charge is 0.467 e. The number of ether oxygens (including phenoxy) is 1. The number of nitrogens with two attached hydrogens (primary N) is 1. The molecule has 60 valence electrons. The maximum atomic E-state index is 5.40. The Morgan fingerprint density at radius 2 is 2.27 bits per heavy atom. The molecule has 0 aromatic carbocycles. The third-order valence-electron chi connectivity index (χ3n) is 1.28. The zero-order valence-corrected chi connectivity index (χ0v) is 6.66. The molecule has 0 saturated heterocycles. The molecule has 4 nitrogen and oxygen atoms in total. The Hall–Kier alpha value is -1.16. The minimum absolute atomic E-state index is 0.380. The molecule has 1 aromatic rings. The molecule has 0 saturated carbocycles. The highest BCUT2D eigenvalue weighted by Gasteiger charge is 1.98. The summed E-state index contributed by atoms with van der Waals surface area (Å²) in [5, 5.41) is 0. The van der Waals surface area contributed by atoms with E-state index >= 15 is 0 Å². The highest BCUT2D eigenvalue weighted by atomic mass is 16.5. The van der Waals surface area contributed by atoms with E-state index in [9.17, 15) is 0 Å². The zero-order valence-electron chi connectivity index (χ0n) is 6.66. The van der Waals surface area contributed by atoms with Gasteiger partial charge in [-0.25, -0.2) is 4.98 Å². The third-order valence-corrected chi connectivity index (χ3v) is 1.28. The second-order valence-electron chi connectivity index (χ2n) is 2.19. The Labute approximate surface area is 65.4 Å². The van der Waals surface area contributed by atoms with Crippen LogP contribution in [0.2, 0.25) is 0 Å². The van der Waals surface area contributed by atoms with E-state index in [0.717, 1.165) is 11.4 Å². The van der Waals surface area contributed by atoms with Crippen LogP contribution < -0.4 is 10.5 Å². The highest BCUT2D eigenvalue weighted by Crippen LogP contribution is 2.04. The van der Waals surface area contributed by atoms with E-state index in [1.807, 2.05) is 13.0 Å². The van der Waals surface area contributed by atoms with Crippen molar-refractivity contribution in [3.05, 3.63) is 17.5 Å². The molecule has 0 aliphatic heterocycles. The summed E-state index contributed by atoms with van der Waals surface area (Å²) in [4.78, 5) is 8.02. The molecular weight excluding hydrogens is 142 g/mol. The van der Waals surface area contributed by atoms with Crippen LogP contribution in [0.1, 0.15) is 11.4 Å². The summed E-state index contributed by atoms with van der Waals surface area (Å²) < 4.78 is 4.86. The summed E-state index contributed by atoms with van der Waals surface area (Å²) in [5.74, 6) is 0. The van der Waals surface area contributed by atoms with Gasteiger partial charge in [-0.2, -0.15) is 4.98 Å². The Morgan fingerprint density at radius 3 is 2.82 bits per heavy atom. The fourth-order valence-electron chi connectivity index (χ4n) is 0.800. The van der Waals surface area contributed by atoms with Gasteiger partial charge in [-0.1, -0.05) is 0 Å². The van der Waals surface area contributed by atoms with Gasteiger partial charge in [0.1, 0.15) is 0 Å². The molecule has 0 radical (unpaired) electrons. The Kier molecular flexibility index (Phi) is 2.38. The second-order valence-corrected chi connectivity index (χ2v) is 2.19. The lowest BCUT2D eigenvalue weighted by atomic mass is 10.3. The normalized spacial score (nSPS) is 9.73. The molecule has 2 N–H and O–H groups in total. The van der Waals surface area contributed by atoms with Gasteiger partial charge in [-0.3, -0.25) is 0 Å². The standard InChI is InChI=1S/C7H11N3O/c1-5-3-6(4-8)10-7(9-5)11-2/h3H,4,8H2,1-2H3. The van der Waals surface area contributed by atoms with Gasteiger partial charge in [0.15, 0.2) is 0 Å². The predicted molar refractivity (Wildman–Crippen MR) is 41.2 cm³/mol. The summed E-state index contributed by atoms with van der Waals surface area (Å²) in [7, 11) is 1.54. The number of hydrogen-bond acceptors (Lipinski definition) is 4. The second kappa shape index (κ2) is 3.30. The molecule has 0 aliphatic rings. The van der Waals surface area contributed by atoms with Crippen LogP contribution in [0.4, 0.5) is 0 Å². The van der Waals surface area contributed by atoms with Crippen molar-refractivity contribution in [1.82, 2.24) is 9.97 Å². The fraction of sp³-hybridized carbons (Fsp3) is 0.429. The molecule has 1 aromatic heterocycles. The lowest BCUT2D eigenvalue weighted by molar-refractivity contribution is 0.377. The highest BCUT2D eigenvalue weighted by molar-refractivity contribution is 5.12. The van der Waals surface area contributed by atoms with Crippen LogP contribution in [0.15, 0.2) is 6.07 Å².